The maximum absolute atomic E-state index is 5.80. The maximum atomic E-state index is 5.80. The van der Waals surface area contributed by atoms with Gasteiger partial charge in [0.2, 0.25) is 0 Å². The molecule has 1 aromatic rings. The predicted molar refractivity (Wildman–Crippen MR) is 68.1 cm³/mol. The normalized spacial score (nSPS) is 27.2. The number of nitrogens with one attached hydrogen (secondary N) is 1. The lowest BCUT2D eigenvalue weighted by Gasteiger charge is -2.20. The molecular formula is C12H19BrN2O. The van der Waals surface area contributed by atoms with Crippen LogP contribution in [0.5, 0.6) is 0 Å². The molecule has 0 spiro atoms. The quantitative estimate of drug-likeness (QED) is 0.895. The number of rotatable bonds is 4. The van der Waals surface area contributed by atoms with Crippen LogP contribution in [-0.2, 0) is 0 Å². The average molecular weight is 287 g/mol. The Balaban J connectivity index is 1.98. The highest BCUT2D eigenvalue weighted by Crippen LogP contribution is 2.29. The molecule has 0 bridgehead atoms. The first-order chi connectivity index (χ1) is 7.70. The maximum Gasteiger partial charge on any atom is 0.136 e. The van der Waals surface area contributed by atoms with Crippen LogP contribution in [0.25, 0.3) is 0 Å². The molecule has 1 heterocycles. The van der Waals surface area contributed by atoms with Crippen molar-refractivity contribution >= 4 is 15.9 Å². The minimum atomic E-state index is 0.125. The topological polar surface area (TPSA) is 51.2 Å². The fourth-order valence-electron chi connectivity index (χ4n) is 2.45. The highest BCUT2D eigenvalue weighted by molar-refractivity contribution is 9.10. The molecular weight excluding hydrogens is 268 g/mol. The molecule has 0 aromatic carbocycles. The smallest absolute Gasteiger partial charge is 0.136 e. The Morgan fingerprint density at radius 1 is 1.62 bits per heavy atom. The van der Waals surface area contributed by atoms with Gasteiger partial charge in [0.05, 0.1) is 16.8 Å². The van der Waals surface area contributed by atoms with E-state index in [1.807, 2.05) is 6.07 Å². The first-order valence-electron chi connectivity index (χ1n) is 5.89. The molecule has 90 valence electrons. The molecule has 1 aliphatic carbocycles. The van der Waals surface area contributed by atoms with Gasteiger partial charge in [-0.25, -0.2) is 0 Å². The lowest BCUT2D eigenvalue weighted by molar-refractivity contribution is 0.371. The van der Waals surface area contributed by atoms with Crippen LogP contribution in [0.4, 0.5) is 0 Å². The largest absolute Gasteiger partial charge is 0.466 e. The van der Waals surface area contributed by atoms with Gasteiger partial charge < -0.3 is 15.5 Å². The van der Waals surface area contributed by atoms with Crippen LogP contribution in [0.3, 0.4) is 0 Å². The van der Waals surface area contributed by atoms with Crippen molar-refractivity contribution in [1.82, 2.24) is 5.32 Å². The third-order valence-corrected chi connectivity index (χ3v) is 3.98. The first kappa shape index (κ1) is 12.1. The molecule has 1 aliphatic rings. The Labute approximate surface area is 105 Å². The number of hydrogen-bond donors (Lipinski definition) is 2. The Kier molecular flexibility index (Phi) is 4.05. The van der Waals surface area contributed by atoms with Crippen molar-refractivity contribution in [2.24, 2.45) is 11.7 Å². The molecule has 0 aliphatic heterocycles. The second kappa shape index (κ2) is 5.34. The van der Waals surface area contributed by atoms with Gasteiger partial charge in [-0.3, -0.25) is 0 Å². The van der Waals surface area contributed by atoms with E-state index in [2.05, 4.69) is 28.2 Å². The summed E-state index contributed by atoms with van der Waals surface area (Å²) in [6, 6.07) is 2.62. The Bertz CT molecular complexity index is 340. The molecule has 3 unspecified atom stereocenters. The first-order valence-corrected chi connectivity index (χ1v) is 6.69. The van der Waals surface area contributed by atoms with E-state index in [1.165, 1.54) is 19.3 Å². The Morgan fingerprint density at radius 3 is 2.94 bits per heavy atom. The van der Waals surface area contributed by atoms with Crippen molar-refractivity contribution in [3.63, 3.8) is 0 Å². The SMILES string of the molecule is CC1CCC(NC(CN)c2occc2Br)C1. The second-order valence-corrected chi connectivity index (χ2v) is 5.56. The number of hydrogen-bond acceptors (Lipinski definition) is 3. The van der Waals surface area contributed by atoms with E-state index in [0.29, 0.717) is 12.6 Å². The van der Waals surface area contributed by atoms with Gasteiger partial charge in [-0.2, -0.15) is 0 Å². The summed E-state index contributed by atoms with van der Waals surface area (Å²) >= 11 is 3.48. The minimum Gasteiger partial charge on any atom is -0.466 e. The second-order valence-electron chi connectivity index (χ2n) is 4.70. The lowest BCUT2D eigenvalue weighted by Crippen LogP contribution is -2.35. The highest BCUT2D eigenvalue weighted by Gasteiger charge is 2.25. The molecule has 3 atom stereocenters. The fourth-order valence-corrected chi connectivity index (χ4v) is 2.93. The average Bonchev–Trinajstić information content (AvgIpc) is 2.84. The molecule has 1 fully saturated rings. The third kappa shape index (κ3) is 2.67. The fraction of sp³-hybridized carbons (Fsp3) is 0.667. The highest BCUT2D eigenvalue weighted by atomic mass is 79.9. The summed E-state index contributed by atoms with van der Waals surface area (Å²) < 4.78 is 6.47. The number of furan rings is 1. The summed E-state index contributed by atoms with van der Waals surface area (Å²) in [5.74, 6) is 1.75. The molecule has 3 N–H and O–H groups in total. The van der Waals surface area contributed by atoms with E-state index >= 15 is 0 Å². The molecule has 3 nitrogen and oxygen atoms in total. The Hall–Kier alpha value is -0.320. The summed E-state index contributed by atoms with van der Waals surface area (Å²) in [7, 11) is 0. The van der Waals surface area contributed by atoms with Crippen molar-refractivity contribution in [2.45, 2.75) is 38.3 Å². The molecule has 0 radical (unpaired) electrons. The number of halogens is 1. The van der Waals surface area contributed by atoms with Crippen molar-refractivity contribution < 1.29 is 4.42 Å². The Morgan fingerprint density at radius 2 is 2.44 bits per heavy atom. The van der Waals surface area contributed by atoms with Crippen molar-refractivity contribution in [3.05, 3.63) is 22.6 Å². The van der Waals surface area contributed by atoms with Crippen molar-refractivity contribution in [3.8, 4) is 0 Å². The minimum absolute atomic E-state index is 0.125. The molecule has 2 rings (SSSR count). The van der Waals surface area contributed by atoms with Gasteiger partial charge >= 0.3 is 0 Å². The lowest BCUT2D eigenvalue weighted by atomic mass is 10.1. The van der Waals surface area contributed by atoms with Crippen molar-refractivity contribution in [1.29, 1.82) is 0 Å². The summed E-state index contributed by atoms with van der Waals surface area (Å²) in [4.78, 5) is 0. The molecule has 0 amide bonds. The summed E-state index contributed by atoms with van der Waals surface area (Å²) in [5.41, 5.74) is 5.80. The van der Waals surface area contributed by atoms with Crippen LogP contribution < -0.4 is 11.1 Å². The van der Waals surface area contributed by atoms with E-state index < -0.39 is 0 Å². The zero-order valence-corrected chi connectivity index (χ0v) is 11.2. The van der Waals surface area contributed by atoms with Crippen LogP contribution in [0.1, 0.15) is 38.0 Å². The van der Waals surface area contributed by atoms with Gasteiger partial charge in [0.15, 0.2) is 0 Å². The van der Waals surface area contributed by atoms with Gasteiger partial charge in [-0.15, -0.1) is 0 Å². The van der Waals surface area contributed by atoms with E-state index in [1.54, 1.807) is 6.26 Å². The standard InChI is InChI=1S/C12H19BrN2O/c1-8-2-3-9(6-8)15-11(7-14)12-10(13)4-5-16-12/h4-5,8-9,11,15H,2-3,6-7,14H2,1H3. The van der Waals surface area contributed by atoms with Gasteiger partial charge in [0.25, 0.3) is 0 Å². The molecule has 16 heavy (non-hydrogen) atoms. The van der Waals surface area contributed by atoms with E-state index in [4.69, 9.17) is 10.2 Å². The van der Waals surface area contributed by atoms with Gasteiger partial charge in [0.1, 0.15) is 5.76 Å². The van der Waals surface area contributed by atoms with E-state index in [-0.39, 0.29) is 6.04 Å². The monoisotopic (exact) mass is 286 g/mol. The molecule has 1 saturated carbocycles. The summed E-state index contributed by atoms with van der Waals surface area (Å²) in [6.45, 7) is 2.87. The zero-order chi connectivity index (χ0) is 11.5. The van der Waals surface area contributed by atoms with Crippen LogP contribution in [0.2, 0.25) is 0 Å². The van der Waals surface area contributed by atoms with Crippen LogP contribution >= 0.6 is 15.9 Å². The van der Waals surface area contributed by atoms with Crippen LogP contribution in [0, 0.1) is 5.92 Å². The van der Waals surface area contributed by atoms with Gasteiger partial charge in [-0.1, -0.05) is 6.92 Å². The summed E-state index contributed by atoms with van der Waals surface area (Å²) in [5, 5.41) is 3.59. The molecule has 0 saturated heterocycles. The van der Waals surface area contributed by atoms with Crippen LogP contribution in [0.15, 0.2) is 21.2 Å². The van der Waals surface area contributed by atoms with Crippen molar-refractivity contribution in [2.75, 3.05) is 6.54 Å². The number of nitrogens with two attached hydrogens (primary N) is 1. The van der Waals surface area contributed by atoms with Crippen LogP contribution in [-0.4, -0.2) is 12.6 Å². The summed E-state index contributed by atoms with van der Waals surface area (Å²) in [6.07, 6.45) is 5.50. The third-order valence-electron chi connectivity index (χ3n) is 3.33. The predicted octanol–water partition coefficient (Wildman–Crippen LogP) is 2.82. The molecule has 4 heteroatoms. The van der Waals surface area contributed by atoms with E-state index in [9.17, 15) is 0 Å². The van der Waals surface area contributed by atoms with Gasteiger partial charge in [0, 0.05) is 12.6 Å². The molecule has 1 aromatic heterocycles. The zero-order valence-electron chi connectivity index (χ0n) is 9.58. The van der Waals surface area contributed by atoms with E-state index in [0.717, 1.165) is 16.2 Å². The van der Waals surface area contributed by atoms with Gasteiger partial charge in [-0.05, 0) is 47.2 Å².